The topological polar surface area (TPSA) is 46.2 Å². The minimum absolute atomic E-state index is 0.138. The molecule has 3 aromatic carbocycles. The summed E-state index contributed by atoms with van der Waals surface area (Å²) in [6.07, 6.45) is -0.626. The van der Waals surface area contributed by atoms with E-state index in [2.05, 4.69) is 24.3 Å². The maximum absolute atomic E-state index is 10.4. The summed E-state index contributed by atoms with van der Waals surface area (Å²) in [5, 5.41) is 11.8. The highest BCUT2D eigenvalue weighted by atomic mass is 35.5. The monoisotopic (exact) mass is 417 g/mol. The fraction of sp³-hybridized carbons (Fsp3) is 0.182. The fourth-order valence-corrected chi connectivity index (χ4v) is 4.46. The molecule has 0 aliphatic rings. The molecule has 3 N–H and O–H groups in total. The molecule has 0 heterocycles. The molecule has 27 heavy (non-hydrogen) atoms. The Hall–Kier alpha value is -1.49. The van der Waals surface area contributed by atoms with Crippen molar-refractivity contribution in [3.8, 4) is 0 Å². The number of thioether (sulfide) groups is 1. The maximum Gasteiger partial charge on any atom is 0.0771 e. The predicted octanol–water partition coefficient (Wildman–Crippen LogP) is 5.74. The lowest BCUT2D eigenvalue weighted by atomic mass is 9.86. The summed E-state index contributed by atoms with van der Waals surface area (Å²) < 4.78 is 0. The predicted molar refractivity (Wildman–Crippen MR) is 116 cm³/mol. The highest BCUT2D eigenvalue weighted by Gasteiger charge is 2.21. The average Bonchev–Trinajstić information content (AvgIpc) is 2.69. The third kappa shape index (κ3) is 5.28. The standard InChI is InChI=1S/C22H21Cl2NOS/c23-18-9-6-17(20(24)12-18)14-27-19-10-7-16(8-11-19)22(21(26)13-25)15-4-2-1-3-5-15/h1-12,21-22,26H,13-14,25H2. The summed E-state index contributed by atoms with van der Waals surface area (Å²) in [5.74, 6) is 0.629. The number of hydrogen-bond acceptors (Lipinski definition) is 3. The van der Waals surface area contributed by atoms with E-state index in [-0.39, 0.29) is 12.5 Å². The van der Waals surface area contributed by atoms with Crippen LogP contribution in [-0.2, 0) is 5.75 Å². The zero-order valence-electron chi connectivity index (χ0n) is 14.7. The minimum Gasteiger partial charge on any atom is -0.391 e. The normalized spacial score (nSPS) is 13.3. The van der Waals surface area contributed by atoms with Gasteiger partial charge in [0.25, 0.3) is 0 Å². The van der Waals surface area contributed by atoms with E-state index >= 15 is 0 Å². The molecule has 2 nitrogen and oxygen atoms in total. The molecular formula is C22H21Cl2NOS. The largest absolute Gasteiger partial charge is 0.391 e. The minimum atomic E-state index is -0.626. The van der Waals surface area contributed by atoms with E-state index in [1.807, 2.05) is 42.5 Å². The van der Waals surface area contributed by atoms with Crippen molar-refractivity contribution >= 4 is 35.0 Å². The molecule has 140 valence electrons. The van der Waals surface area contributed by atoms with Gasteiger partial charge in [0.1, 0.15) is 0 Å². The second kappa shape index (κ2) is 9.63. The van der Waals surface area contributed by atoms with Gasteiger partial charge in [-0.05, 0) is 41.0 Å². The van der Waals surface area contributed by atoms with E-state index in [9.17, 15) is 5.11 Å². The number of rotatable bonds is 7. The first-order chi connectivity index (χ1) is 13.1. The van der Waals surface area contributed by atoms with Gasteiger partial charge in [-0.1, -0.05) is 71.7 Å². The lowest BCUT2D eigenvalue weighted by Gasteiger charge is -2.23. The molecule has 0 bridgehead atoms. The van der Waals surface area contributed by atoms with Crippen molar-refractivity contribution in [3.05, 3.63) is 99.5 Å². The molecule has 0 spiro atoms. The van der Waals surface area contributed by atoms with Crippen molar-refractivity contribution in [1.82, 2.24) is 0 Å². The van der Waals surface area contributed by atoms with Gasteiger partial charge in [0.2, 0.25) is 0 Å². The van der Waals surface area contributed by atoms with E-state index < -0.39 is 6.10 Å². The molecule has 0 fully saturated rings. The lowest BCUT2D eigenvalue weighted by Crippen LogP contribution is -2.28. The SMILES string of the molecule is NCC(O)C(c1ccccc1)c1ccc(SCc2ccc(Cl)cc2Cl)cc1. The van der Waals surface area contributed by atoms with Crippen molar-refractivity contribution < 1.29 is 5.11 Å². The number of halogens is 2. The van der Waals surface area contributed by atoms with Gasteiger partial charge in [-0.25, -0.2) is 0 Å². The van der Waals surface area contributed by atoms with Crippen molar-refractivity contribution in [3.63, 3.8) is 0 Å². The van der Waals surface area contributed by atoms with Crippen LogP contribution in [0.15, 0.2) is 77.7 Å². The molecule has 3 aromatic rings. The van der Waals surface area contributed by atoms with Crippen LogP contribution < -0.4 is 5.73 Å². The van der Waals surface area contributed by atoms with Crippen LogP contribution >= 0.6 is 35.0 Å². The van der Waals surface area contributed by atoms with Crippen LogP contribution in [0.1, 0.15) is 22.6 Å². The van der Waals surface area contributed by atoms with Gasteiger partial charge in [-0.15, -0.1) is 11.8 Å². The number of nitrogens with two attached hydrogens (primary N) is 1. The first kappa shape index (κ1) is 20.2. The molecular weight excluding hydrogens is 397 g/mol. The molecule has 2 atom stereocenters. The second-order valence-corrected chi connectivity index (χ2v) is 8.18. The molecule has 0 saturated heterocycles. The molecule has 0 radical (unpaired) electrons. The van der Waals surface area contributed by atoms with Gasteiger partial charge in [0.15, 0.2) is 0 Å². The Kier molecular flexibility index (Phi) is 7.22. The third-order valence-electron chi connectivity index (χ3n) is 4.43. The molecule has 0 aliphatic heterocycles. The first-order valence-corrected chi connectivity index (χ1v) is 10.4. The van der Waals surface area contributed by atoms with Crippen LogP contribution in [0.3, 0.4) is 0 Å². The van der Waals surface area contributed by atoms with E-state index in [4.69, 9.17) is 28.9 Å². The van der Waals surface area contributed by atoms with Gasteiger partial charge in [-0.2, -0.15) is 0 Å². The van der Waals surface area contributed by atoms with Crippen molar-refractivity contribution in [1.29, 1.82) is 0 Å². The van der Waals surface area contributed by atoms with Crippen LogP contribution in [0.4, 0.5) is 0 Å². The molecule has 0 aliphatic carbocycles. The third-order valence-corrected chi connectivity index (χ3v) is 6.08. The summed E-state index contributed by atoms with van der Waals surface area (Å²) in [6, 6.07) is 23.8. The second-order valence-electron chi connectivity index (χ2n) is 6.28. The average molecular weight is 418 g/mol. The Labute approximate surface area is 174 Å². The van der Waals surface area contributed by atoms with Crippen LogP contribution in [0.5, 0.6) is 0 Å². The van der Waals surface area contributed by atoms with Gasteiger partial charge < -0.3 is 10.8 Å². The zero-order chi connectivity index (χ0) is 19.2. The number of benzene rings is 3. The summed E-state index contributed by atoms with van der Waals surface area (Å²) in [4.78, 5) is 1.14. The summed E-state index contributed by atoms with van der Waals surface area (Å²) in [5.41, 5.74) is 8.90. The van der Waals surface area contributed by atoms with Crippen molar-refractivity contribution in [2.24, 2.45) is 5.73 Å². The van der Waals surface area contributed by atoms with Crippen LogP contribution in [0.2, 0.25) is 10.0 Å². The maximum atomic E-state index is 10.4. The van der Waals surface area contributed by atoms with E-state index in [0.717, 1.165) is 27.3 Å². The summed E-state index contributed by atoms with van der Waals surface area (Å²) in [6.45, 7) is 0.213. The molecule has 0 amide bonds. The number of aliphatic hydroxyl groups excluding tert-OH is 1. The molecule has 5 heteroatoms. The van der Waals surface area contributed by atoms with E-state index in [1.54, 1.807) is 17.8 Å². The Balaban J connectivity index is 1.75. The summed E-state index contributed by atoms with van der Waals surface area (Å²) >= 11 is 13.9. The van der Waals surface area contributed by atoms with Crippen LogP contribution in [0.25, 0.3) is 0 Å². The van der Waals surface area contributed by atoms with Crippen LogP contribution in [-0.4, -0.2) is 17.8 Å². The van der Waals surface area contributed by atoms with Crippen molar-refractivity contribution in [2.45, 2.75) is 22.7 Å². The molecule has 3 rings (SSSR count). The fourth-order valence-electron chi connectivity index (χ4n) is 3.00. The molecule has 2 unspecified atom stereocenters. The van der Waals surface area contributed by atoms with Gasteiger partial charge in [0.05, 0.1) is 6.10 Å². The smallest absolute Gasteiger partial charge is 0.0771 e. The van der Waals surface area contributed by atoms with E-state index in [0.29, 0.717) is 10.0 Å². The molecule has 0 aromatic heterocycles. The quantitative estimate of drug-likeness (QED) is 0.481. The Morgan fingerprint density at radius 3 is 2.19 bits per heavy atom. The number of hydrogen-bond donors (Lipinski definition) is 2. The number of aliphatic hydroxyl groups is 1. The Morgan fingerprint density at radius 1 is 0.889 bits per heavy atom. The molecule has 0 saturated carbocycles. The Bertz CT molecular complexity index is 871. The Morgan fingerprint density at radius 2 is 1.56 bits per heavy atom. The lowest BCUT2D eigenvalue weighted by molar-refractivity contribution is 0.164. The van der Waals surface area contributed by atoms with Gasteiger partial charge >= 0.3 is 0 Å². The first-order valence-electron chi connectivity index (χ1n) is 8.68. The van der Waals surface area contributed by atoms with Gasteiger partial charge in [-0.3, -0.25) is 0 Å². The van der Waals surface area contributed by atoms with E-state index in [1.165, 1.54) is 0 Å². The highest BCUT2D eigenvalue weighted by Crippen LogP contribution is 2.32. The van der Waals surface area contributed by atoms with Crippen LogP contribution in [0, 0.1) is 0 Å². The van der Waals surface area contributed by atoms with Crippen molar-refractivity contribution in [2.75, 3.05) is 6.54 Å². The van der Waals surface area contributed by atoms with Gasteiger partial charge in [0, 0.05) is 33.2 Å². The summed E-state index contributed by atoms with van der Waals surface area (Å²) in [7, 11) is 0. The highest BCUT2D eigenvalue weighted by molar-refractivity contribution is 7.98. The zero-order valence-corrected chi connectivity index (χ0v) is 17.0.